The second-order valence-corrected chi connectivity index (χ2v) is 6.37. The first-order valence-corrected chi connectivity index (χ1v) is 7.57. The van der Waals surface area contributed by atoms with Crippen molar-refractivity contribution in [2.45, 2.75) is 12.5 Å². The maximum atomic E-state index is 13.9. The molecule has 1 atom stereocenters. The molecule has 0 bridgehead atoms. The third-order valence-corrected chi connectivity index (χ3v) is 4.18. The van der Waals surface area contributed by atoms with Crippen LogP contribution in [0.15, 0.2) is 45.3 Å². The van der Waals surface area contributed by atoms with Gasteiger partial charge in [0.1, 0.15) is 17.7 Å². The van der Waals surface area contributed by atoms with Crippen LogP contribution in [0.5, 0.6) is 5.75 Å². The van der Waals surface area contributed by atoms with Crippen molar-refractivity contribution >= 4 is 37.6 Å². The van der Waals surface area contributed by atoms with Crippen molar-refractivity contribution in [2.75, 3.05) is 0 Å². The third kappa shape index (κ3) is 2.52. The molecule has 0 spiro atoms. The van der Waals surface area contributed by atoms with E-state index in [1.807, 2.05) is 0 Å². The molecule has 0 fully saturated rings. The highest BCUT2D eigenvalue weighted by atomic mass is 79.9. The Kier molecular flexibility index (Phi) is 3.65. The molecule has 1 aliphatic rings. The van der Waals surface area contributed by atoms with Crippen molar-refractivity contribution in [1.29, 1.82) is 0 Å². The van der Waals surface area contributed by atoms with E-state index in [0.29, 0.717) is 16.9 Å². The average molecular weight is 400 g/mol. The van der Waals surface area contributed by atoms with Crippen LogP contribution in [0.2, 0.25) is 0 Å². The van der Waals surface area contributed by atoms with Crippen molar-refractivity contribution in [3.63, 3.8) is 0 Å². The SMILES string of the molecule is O=C1CC(c2cc(Br)ccc2F)Oc2cc(Br)ccc21. The van der Waals surface area contributed by atoms with E-state index in [0.717, 1.165) is 8.95 Å². The number of hydrogen-bond donors (Lipinski definition) is 0. The number of ketones is 1. The number of Topliss-reactive ketones (excluding diaryl/α,β-unsaturated/α-hetero) is 1. The van der Waals surface area contributed by atoms with Crippen LogP contribution in [0, 0.1) is 5.82 Å². The quantitative estimate of drug-likeness (QED) is 0.670. The monoisotopic (exact) mass is 398 g/mol. The van der Waals surface area contributed by atoms with Gasteiger partial charge in [0.25, 0.3) is 0 Å². The molecule has 0 radical (unpaired) electrons. The summed E-state index contributed by atoms with van der Waals surface area (Å²) in [6, 6.07) is 9.87. The van der Waals surface area contributed by atoms with Gasteiger partial charge in [-0.3, -0.25) is 4.79 Å². The summed E-state index contributed by atoms with van der Waals surface area (Å²) in [5.74, 6) is 0.0765. The Bertz CT molecular complexity index is 700. The van der Waals surface area contributed by atoms with Crippen molar-refractivity contribution < 1.29 is 13.9 Å². The molecule has 1 unspecified atom stereocenters. The Morgan fingerprint density at radius 1 is 1.10 bits per heavy atom. The van der Waals surface area contributed by atoms with E-state index in [1.54, 1.807) is 30.3 Å². The number of fused-ring (bicyclic) bond motifs is 1. The van der Waals surface area contributed by atoms with Crippen molar-refractivity contribution in [1.82, 2.24) is 0 Å². The lowest BCUT2D eigenvalue weighted by molar-refractivity contribution is 0.0845. The number of ether oxygens (including phenoxy) is 1. The van der Waals surface area contributed by atoms with Crippen LogP contribution < -0.4 is 4.74 Å². The number of halogens is 3. The minimum absolute atomic E-state index is 0.0388. The van der Waals surface area contributed by atoms with E-state index in [9.17, 15) is 9.18 Å². The van der Waals surface area contributed by atoms with E-state index in [-0.39, 0.29) is 18.0 Å². The largest absolute Gasteiger partial charge is 0.484 e. The van der Waals surface area contributed by atoms with Gasteiger partial charge in [0.2, 0.25) is 0 Å². The molecule has 2 aromatic carbocycles. The zero-order valence-electron chi connectivity index (χ0n) is 10.2. The Labute approximate surface area is 132 Å². The second kappa shape index (κ2) is 5.30. The van der Waals surface area contributed by atoms with E-state index >= 15 is 0 Å². The van der Waals surface area contributed by atoms with Gasteiger partial charge in [0.05, 0.1) is 12.0 Å². The van der Waals surface area contributed by atoms with Gasteiger partial charge < -0.3 is 4.74 Å². The fourth-order valence-electron chi connectivity index (χ4n) is 2.23. The van der Waals surface area contributed by atoms with Gasteiger partial charge in [-0.15, -0.1) is 0 Å². The van der Waals surface area contributed by atoms with Crippen LogP contribution in [-0.4, -0.2) is 5.78 Å². The number of carbonyl (C=O) groups is 1. The van der Waals surface area contributed by atoms with Gasteiger partial charge in [-0.25, -0.2) is 4.39 Å². The van der Waals surface area contributed by atoms with Crippen LogP contribution >= 0.6 is 31.9 Å². The van der Waals surface area contributed by atoms with E-state index in [1.165, 1.54) is 6.07 Å². The van der Waals surface area contributed by atoms with Crippen LogP contribution in [0.25, 0.3) is 0 Å². The predicted octanol–water partition coefficient (Wildman–Crippen LogP) is 5.06. The summed E-state index contributed by atoms with van der Waals surface area (Å²) in [5.41, 5.74) is 0.929. The molecule has 5 heteroatoms. The van der Waals surface area contributed by atoms with Crippen molar-refractivity contribution in [3.8, 4) is 5.75 Å². The van der Waals surface area contributed by atoms with Gasteiger partial charge in [0, 0.05) is 14.5 Å². The first-order valence-electron chi connectivity index (χ1n) is 5.99. The summed E-state index contributed by atoms with van der Waals surface area (Å²) in [7, 11) is 0. The molecule has 0 aliphatic carbocycles. The summed E-state index contributed by atoms with van der Waals surface area (Å²) in [6.07, 6.45) is -0.455. The lowest BCUT2D eigenvalue weighted by Gasteiger charge is -2.26. The average Bonchev–Trinajstić information content (AvgIpc) is 2.41. The van der Waals surface area contributed by atoms with Gasteiger partial charge in [-0.1, -0.05) is 31.9 Å². The highest BCUT2D eigenvalue weighted by Gasteiger charge is 2.29. The van der Waals surface area contributed by atoms with Gasteiger partial charge in [0.15, 0.2) is 5.78 Å². The Hall–Kier alpha value is -1.20. The van der Waals surface area contributed by atoms with Crippen molar-refractivity contribution in [2.24, 2.45) is 0 Å². The number of carbonyl (C=O) groups excluding carboxylic acids is 1. The van der Waals surface area contributed by atoms with Gasteiger partial charge in [-0.2, -0.15) is 0 Å². The van der Waals surface area contributed by atoms with Crippen LogP contribution in [0.1, 0.15) is 28.4 Å². The second-order valence-electron chi connectivity index (χ2n) is 4.54. The molecule has 2 nitrogen and oxygen atoms in total. The predicted molar refractivity (Wildman–Crippen MR) is 80.6 cm³/mol. The van der Waals surface area contributed by atoms with E-state index in [4.69, 9.17) is 4.74 Å². The molecule has 0 aromatic heterocycles. The molecule has 0 N–H and O–H groups in total. The molecule has 0 saturated carbocycles. The fraction of sp³-hybridized carbons (Fsp3) is 0.133. The molecule has 2 aromatic rings. The first-order chi connectivity index (χ1) is 9.54. The summed E-state index contributed by atoms with van der Waals surface area (Å²) < 4.78 is 21.3. The third-order valence-electron chi connectivity index (χ3n) is 3.19. The summed E-state index contributed by atoms with van der Waals surface area (Å²) in [5, 5.41) is 0. The van der Waals surface area contributed by atoms with E-state index in [2.05, 4.69) is 31.9 Å². The first kappa shape index (κ1) is 13.8. The topological polar surface area (TPSA) is 26.3 Å². The maximum Gasteiger partial charge on any atom is 0.170 e. The molecule has 1 heterocycles. The van der Waals surface area contributed by atoms with Crippen LogP contribution in [-0.2, 0) is 0 Å². The number of hydrogen-bond acceptors (Lipinski definition) is 2. The normalized spacial score (nSPS) is 17.6. The zero-order valence-corrected chi connectivity index (χ0v) is 13.4. The molecule has 102 valence electrons. The summed E-state index contributed by atoms with van der Waals surface area (Å²) >= 11 is 6.65. The fourth-order valence-corrected chi connectivity index (χ4v) is 2.95. The minimum Gasteiger partial charge on any atom is -0.484 e. The lowest BCUT2D eigenvalue weighted by atomic mass is 9.96. The molecular formula is C15H9Br2FO2. The number of rotatable bonds is 1. The smallest absolute Gasteiger partial charge is 0.170 e. The maximum absolute atomic E-state index is 13.9. The van der Waals surface area contributed by atoms with Crippen LogP contribution in [0.3, 0.4) is 0 Å². The summed E-state index contributed by atoms with van der Waals surface area (Å²) in [6.45, 7) is 0. The molecule has 0 amide bonds. The van der Waals surface area contributed by atoms with E-state index < -0.39 is 6.10 Å². The Morgan fingerprint density at radius 2 is 1.80 bits per heavy atom. The van der Waals surface area contributed by atoms with Crippen molar-refractivity contribution in [3.05, 3.63) is 62.3 Å². The molecule has 0 saturated heterocycles. The number of benzene rings is 2. The standard InChI is InChI=1S/C15H9Br2FO2/c16-8-2-4-12(18)11(5-8)15-7-13(19)10-3-1-9(17)6-14(10)20-15/h1-6,15H,7H2. The Balaban J connectivity index is 2.02. The van der Waals surface area contributed by atoms with Crippen LogP contribution in [0.4, 0.5) is 4.39 Å². The van der Waals surface area contributed by atoms with Gasteiger partial charge in [-0.05, 0) is 36.4 Å². The lowest BCUT2D eigenvalue weighted by Crippen LogP contribution is -2.21. The van der Waals surface area contributed by atoms with Gasteiger partial charge >= 0.3 is 0 Å². The Morgan fingerprint density at radius 3 is 2.60 bits per heavy atom. The zero-order chi connectivity index (χ0) is 14.3. The molecule has 3 rings (SSSR count). The minimum atomic E-state index is -0.596. The molecular weight excluding hydrogens is 391 g/mol. The molecule has 1 aliphatic heterocycles. The highest BCUT2D eigenvalue weighted by Crippen LogP contribution is 2.37. The summed E-state index contributed by atoms with van der Waals surface area (Å²) in [4.78, 5) is 12.1. The highest BCUT2D eigenvalue weighted by molar-refractivity contribution is 9.10. The molecule has 20 heavy (non-hydrogen) atoms.